The number of alkyl carbamates (subject to hydrolysis) is 1. The average molecular weight is 426 g/mol. The van der Waals surface area contributed by atoms with Gasteiger partial charge in [0, 0.05) is 26.2 Å². The zero-order valence-corrected chi connectivity index (χ0v) is 16.6. The van der Waals surface area contributed by atoms with Gasteiger partial charge >= 0.3 is 6.09 Å². The number of aliphatic imine (C=N–C) groups is 1. The third kappa shape index (κ3) is 9.32. The number of carbonyl (C=O) groups is 1. The van der Waals surface area contributed by atoms with E-state index in [4.69, 9.17) is 10.5 Å². The van der Waals surface area contributed by atoms with Crippen LogP contribution < -0.4 is 11.1 Å². The SMILES string of the molecule is CC1CCN(C(N)=NCCCNC(=O)OC(C)(C)C)CC1.I. The number of hydrogen-bond acceptors (Lipinski definition) is 3. The lowest BCUT2D eigenvalue weighted by Gasteiger charge is -2.31. The number of hydrogen-bond donors (Lipinski definition) is 2. The van der Waals surface area contributed by atoms with Crippen LogP contribution in [0, 0.1) is 5.92 Å². The van der Waals surface area contributed by atoms with E-state index in [9.17, 15) is 4.79 Å². The summed E-state index contributed by atoms with van der Waals surface area (Å²) in [4.78, 5) is 17.9. The smallest absolute Gasteiger partial charge is 0.407 e. The molecule has 1 aliphatic heterocycles. The second-order valence-corrected chi connectivity index (χ2v) is 6.69. The molecule has 7 heteroatoms. The van der Waals surface area contributed by atoms with Crippen molar-refractivity contribution in [2.24, 2.45) is 16.6 Å². The first-order valence-corrected chi connectivity index (χ1v) is 7.79. The number of nitrogens with two attached hydrogens (primary N) is 1. The predicted octanol–water partition coefficient (Wildman–Crippen LogP) is 2.57. The van der Waals surface area contributed by atoms with Gasteiger partial charge in [0.25, 0.3) is 0 Å². The standard InChI is InChI=1S/C15H30N4O2.HI/c1-12-6-10-19(11-7-12)13(16)17-8-5-9-18-14(20)21-15(2,3)4;/h12H,5-11H2,1-4H3,(H2,16,17)(H,18,20);1H. The third-order valence-electron chi connectivity index (χ3n) is 3.38. The van der Waals surface area contributed by atoms with E-state index in [2.05, 4.69) is 22.1 Å². The highest BCUT2D eigenvalue weighted by atomic mass is 127. The van der Waals surface area contributed by atoms with E-state index >= 15 is 0 Å². The number of ether oxygens (including phenoxy) is 1. The van der Waals surface area contributed by atoms with Crippen LogP contribution in [0.4, 0.5) is 4.79 Å². The van der Waals surface area contributed by atoms with Gasteiger partial charge in [-0.25, -0.2) is 4.79 Å². The lowest BCUT2D eigenvalue weighted by atomic mass is 10.00. The van der Waals surface area contributed by atoms with Crippen LogP contribution >= 0.6 is 24.0 Å². The first-order chi connectivity index (χ1) is 9.78. The van der Waals surface area contributed by atoms with Gasteiger partial charge in [-0.1, -0.05) is 6.92 Å². The molecular formula is C15H31IN4O2. The summed E-state index contributed by atoms with van der Waals surface area (Å²) in [6.45, 7) is 11.0. The highest BCUT2D eigenvalue weighted by Crippen LogP contribution is 2.15. The van der Waals surface area contributed by atoms with Crippen molar-refractivity contribution in [3.63, 3.8) is 0 Å². The first kappa shape index (κ1) is 21.3. The molecule has 1 rings (SSSR count). The number of likely N-dealkylation sites (tertiary alicyclic amines) is 1. The molecule has 0 bridgehead atoms. The average Bonchev–Trinajstić information content (AvgIpc) is 2.36. The molecule has 22 heavy (non-hydrogen) atoms. The lowest BCUT2D eigenvalue weighted by molar-refractivity contribution is 0.0527. The molecule has 0 aromatic heterocycles. The normalized spacial score (nSPS) is 16.9. The van der Waals surface area contributed by atoms with E-state index in [1.165, 1.54) is 12.8 Å². The predicted molar refractivity (Wildman–Crippen MR) is 101 cm³/mol. The molecule has 130 valence electrons. The van der Waals surface area contributed by atoms with E-state index in [1.54, 1.807) is 0 Å². The highest BCUT2D eigenvalue weighted by Gasteiger charge is 2.17. The maximum absolute atomic E-state index is 11.4. The van der Waals surface area contributed by atoms with Gasteiger partial charge in [0.1, 0.15) is 5.60 Å². The number of halogens is 1. The highest BCUT2D eigenvalue weighted by molar-refractivity contribution is 14.0. The number of nitrogens with one attached hydrogen (secondary N) is 1. The van der Waals surface area contributed by atoms with Crippen LogP contribution in [0.15, 0.2) is 4.99 Å². The Bertz CT molecular complexity index is 361. The van der Waals surface area contributed by atoms with Crippen molar-refractivity contribution in [2.45, 2.75) is 52.6 Å². The van der Waals surface area contributed by atoms with Crippen LogP contribution in [0.1, 0.15) is 47.0 Å². The Morgan fingerprint density at radius 3 is 2.50 bits per heavy atom. The fraction of sp³-hybridized carbons (Fsp3) is 0.867. The third-order valence-corrected chi connectivity index (χ3v) is 3.38. The van der Waals surface area contributed by atoms with Crippen molar-refractivity contribution in [1.29, 1.82) is 0 Å². The summed E-state index contributed by atoms with van der Waals surface area (Å²) in [7, 11) is 0. The Kier molecular flexibility index (Phi) is 9.79. The topological polar surface area (TPSA) is 80.0 Å². The minimum Gasteiger partial charge on any atom is -0.444 e. The van der Waals surface area contributed by atoms with Gasteiger partial charge in [-0.15, -0.1) is 24.0 Å². The van der Waals surface area contributed by atoms with Gasteiger partial charge in [-0.05, 0) is 46.0 Å². The fourth-order valence-corrected chi connectivity index (χ4v) is 2.11. The molecule has 0 atom stereocenters. The van der Waals surface area contributed by atoms with Crippen LogP contribution in [-0.2, 0) is 4.74 Å². The quantitative estimate of drug-likeness (QED) is 0.314. The molecule has 0 radical (unpaired) electrons. The lowest BCUT2D eigenvalue weighted by Crippen LogP contribution is -2.42. The molecule has 1 amide bonds. The zero-order chi connectivity index (χ0) is 15.9. The zero-order valence-electron chi connectivity index (χ0n) is 14.2. The second kappa shape index (κ2) is 10.1. The summed E-state index contributed by atoms with van der Waals surface area (Å²) >= 11 is 0. The van der Waals surface area contributed by atoms with Crippen LogP contribution in [0.3, 0.4) is 0 Å². The minimum absolute atomic E-state index is 0. The number of piperidine rings is 1. The van der Waals surface area contributed by atoms with Gasteiger partial charge in [-0.3, -0.25) is 4.99 Å². The van der Waals surface area contributed by atoms with Gasteiger partial charge in [-0.2, -0.15) is 0 Å². The minimum atomic E-state index is -0.460. The summed E-state index contributed by atoms with van der Waals surface area (Å²) in [5.74, 6) is 1.41. The molecule has 0 unspecified atom stereocenters. The van der Waals surface area contributed by atoms with E-state index in [-0.39, 0.29) is 30.1 Å². The van der Waals surface area contributed by atoms with Crippen molar-refractivity contribution in [3.8, 4) is 0 Å². The van der Waals surface area contributed by atoms with Crippen LogP contribution in [0.25, 0.3) is 0 Å². The summed E-state index contributed by atoms with van der Waals surface area (Å²) < 4.78 is 5.15. The Balaban J connectivity index is 0.00000441. The number of rotatable bonds is 4. The summed E-state index contributed by atoms with van der Waals surface area (Å²) in [6.07, 6.45) is 2.72. The molecule has 1 fully saturated rings. The molecule has 0 aromatic rings. The number of amides is 1. The van der Waals surface area contributed by atoms with Crippen LogP contribution in [0.5, 0.6) is 0 Å². The van der Waals surface area contributed by atoms with Crippen molar-refractivity contribution in [1.82, 2.24) is 10.2 Å². The van der Waals surface area contributed by atoms with E-state index in [0.29, 0.717) is 19.0 Å². The molecule has 1 heterocycles. The van der Waals surface area contributed by atoms with Gasteiger partial charge in [0.2, 0.25) is 0 Å². The second-order valence-electron chi connectivity index (χ2n) is 6.69. The van der Waals surface area contributed by atoms with Gasteiger partial charge in [0.15, 0.2) is 5.96 Å². The molecule has 3 N–H and O–H groups in total. The molecule has 0 spiro atoms. The van der Waals surface area contributed by atoms with E-state index in [1.807, 2.05) is 20.8 Å². The number of carbonyl (C=O) groups excluding carboxylic acids is 1. The van der Waals surface area contributed by atoms with Crippen LogP contribution in [0.2, 0.25) is 0 Å². The summed E-state index contributed by atoms with van der Waals surface area (Å²) in [5.41, 5.74) is 5.52. The monoisotopic (exact) mass is 426 g/mol. The molecular weight excluding hydrogens is 395 g/mol. The Morgan fingerprint density at radius 1 is 1.36 bits per heavy atom. The largest absolute Gasteiger partial charge is 0.444 e. The molecule has 6 nitrogen and oxygen atoms in total. The van der Waals surface area contributed by atoms with Crippen molar-refractivity contribution < 1.29 is 9.53 Å². The Labute approximate surface area is 151 Å². The fourth-order valence-electron chi connectivity index (χ4n) is 2.11. The molecule has 0 aromatic carbocycles. The summed E-state index contributed by atoms with van der Waals surface area (Å²) in [6, 6.07) is 0. The van der Waals surface area contributed by atoms with Crippen molar-refractivity contribution in [2.75, 3.05) is 26.2 Å². The summed E-state index contributed by atoms with van der Waals surface area (Å²) in [5, 5.41) is 2.71. The van der Waals surface area contributed by atoms with Gasteiger partial charge < -0.3 is 20.7 Å². The van der Waals surface area contributed by atoms with Crippen molar-refractivity contribution >= 4 is 36.0 Å². The molecule has 1 aliphatic rings. The van der Waals surface area contributed by atoms with E-state index < -0.39 is 5.60 Å². The molecule has 0 aliphatic carbocycles. The maximum Gasteiger partial charge on any atom is 0.407 e. The molecule has 1 saturated heterocycles. The molecule has 0 saturated carbocycles. The Morgan fingerprint density at radius 2 is 1.95 bits per heavy atom. The van der Waals surface area contributed by atoms with Gasteiger partial charge in [0.05, 0.1) is 0 Å². The first-order valence-electron chi connectivity index (χ1n) is 7.79. The van der Waals surface area contributed by atoms with E-state index in [0.717, 1.165) is 25.4 Å². The maximum atomic E-state index is 11.4. The number of guanidine groups is 1. The Hall–Kier alpha value is -0.730. The van der Waals surface area contributed by atoms with Crippen molar-refractivity contribution in [3.05, 3.63) is 0 Å². The number of nitrogens with zero attached hydrogens (tertiary/aromatic N) is 2. The van der Waals surface area contributed by atoms with Crippen LogP contribution in [-0.4, -0.2) is 48.7 Å².